The third-order valence-corrected chi connectivity index (χ3v) is 3.55. The van der Waals surface area contributed by atoms with E-state index in [2.05, 4.69) is 0 Å². The lowest BCUT2D eigenvalue weighted by Crippen LogP contribution is -2.49. The minimum atomic E-state index is 0. The molecule has 1 heterocycles. The molecule has 2 fully saturated rings. The minimum Gasteiger partial charge on any atom is -0.372 e. The second-order valence-electron chi connectivity index (χ2n) is 5.27. The van der Waals surface area contributed by atoms with Crippen LogP contribution in [-0.2, 0) is 9.53 Å². The summed E-state index contributed by atoms with van der Waals surface area (Å²) in [5.74, 6) is 0.447. The quantitative estimate of drug-likeness (QED) is 0.772. The van der Waals surface area contributed by atoms with Crippen molar-refractivity contribution in [1.29, 1.82) is 0 Å². The summed E-state index contributed by atoms with van der Waals surface area (Å²) >= 11 is 0. The minimum absolute atomic E-state index is 0. The van der Waals surface area contributed by atoms with E-state index in [0.717, 1.165) is 32.4 Å². The maximum atomic E-state index is 12.3. The summed E-state index contributed by atoms with van der Waals surface area (Å²) in [6, 6.07) is 0.227. The number of amides is 1. The van der Waals surface area contributed by atoms with Crippen LogP contribution in [0.4, 0.5) is 0 Å². The molecule has 4 nitrogen and oxygen atoms in total. The number of ether oxygens (including phenoxy) is 1. The number of hydrogen-bond acceptors (Lipinski definition) is 3. The smallest absolute Gasteiger partial charge is 0.225 e. The zero-order valence-electron chi connectivity index (χ0n) is 10.6. The molecule has 2 N–H and O–H groups in total. The zero-order valence-corrected chi connectivity index (χ0v) is 11.4. The van der Waals surface area contributed by atoms with Crippen molar-refractivity contribution >= 4 is 18.3 Å². The molecule has 1 saturated carbocycles. The first-order chi connectivity index (χ1) is 7.56. The zero-order chi connectivity index (χ0) is 11.7. The Bertz CT molecular complexity index is 265. The van der Waals surface area contributed by atoms with Crippen LogP contribution >= 0.6 is 12.4 Å². The molecule has 100 valence electrons. The van der Waals surface area contributed by atoms with Gasteiger partial charge in [-0.3, -0.25) is 4.79 Å². The highest BCUT2D eigenvalue weighted by atomic mass is 35.5. The Morgan fingerprint density at radius 2 is 1.82 bits per heavy atom. The molecule has 17 heavy (non-hydrogen) atoms. The predicted molar refractivity (Wildman–Crippen MR) is 69.2 cm³/mol. The van der Waals surface area contributed by atoms with Gasteiger partial charge in [-0.05, 0) is 33.1 Å². The van der Waals surface area contributed by atoms with Crippen LogP contribution in [0.5, 0.6) is 0 Å². The number of nitrogens with zero attached hydrogens (tertiary/aromatic N) is 1. The summed E-state index contributed by atoms with van der Waals surface area (Å²) in [4.78, 5) is 14.2. The summed E-state index contributed by atoms with van der Waals surface area (Å²) in [6.07, 6.45) is 3.12. The molecule has 1 saturated heterocycles. The van der Waals surface area contributed by atoms with Crippen molar-refractivity contribution in [2.75, 3.05) is 13.1 Å². The molecule has 1 aliphatic carbocycles. The molecule has 0 bridgehead atoms. The van der Waals surface area contributed by atoms with Crippen molar-refractivity contribution in [3.8, 4) is 0 Å². The molecule has 2 unspecified atom stereocenters. The average Bonchev–Trinajstić information content (AvgIpc) is 2.62. The standard InChI is InChI=1S/C12H22N2O2.ClH/c1-8-6-14(7-9(2)16-8)12(15)10-3-4-11(13)5-10;/h8-11H,3-7,13H2,1-2H3;1H/t8-,9+,10?,11?;. The van der Waals surface area contributed by atoms with E-state index in [4.69, 9.17) is 10.5 Å². The number of carbonyl (C=O) groups is 1. The summed E-state index contributed by atoms with van der Waals surface area (Å²) in [5.41, 5.74) is 5.85. The second-order valence-corrected chi connectivity index (χ2v) is 5.27. The first kappa shape index (κ1) is 14.7. The van der Waals surface area contributed by atoms with Crippen LogP contribution in [0.25, 0.3) is 0 Å². The van der Waals surface area contributed by atoms with Crippen molar-refractivity contribution in [3.63, 3.8) is 0 Å². The number of morpholine rings is 1. The van der Waals surface area contributed by atoms with Crippen molar-refractivity contribution in [3.05, 3.63) is 0 Å². The van der Waals surface area contributed by atoms with Gasteiger partial charge < -0.3 is 15.4 Å². The highest BCUT2D eigenvalue weighted by Crippen LogP contribution is 2.27. The lowest BCUT2D eigenvalue weighted by Gasteiger charge is -2.36. The number of carbonyl (C=O) groups excluding carboxylic acids is 1. The van der Waals surface area contributed by atoms with Gasteiger partial charge in [-0.1, -0.05) is 0 Å². The summed E-state index contributed by atoms with van der Waals surface area (Å²) in [6.45, 7) is 5.51. The third-order valence-electron chi connectivity index (χ3n) is 3.55. The normalized spacial score (nSPS) is 37.7. The molecule has 4 atom stereocenters. The Hall–Kier alpha value is -0.320. The van der Waals surface area contributed by atoms with E-state index in [0.29, 0.717) is 0 Å². The molecule has 0 spiro atoms. The Kier molecular flexibility index (Phi) is 5.22. The van der Waals surface area contributed by atoms with Gasteiger partial charge in [0.25, 0.3) is 0 Å². The van der Waals surface area contributed by atoms with Crippen LogP contribution in [0.3, 0.4) is 0 Å². The maximum Gasteiger partial charge on any atom is 0.225 e. The molecule has 0 aromatic carbocycles. The maximum absolute atomic E-state index is 12.3. The van der Waals surface area contributed by atoms with E-state index < -0.39 is 0 Å². The van der Waals surface area contributed by atoms with E-state index >= 15 is 0 Å². The predicted octanol–water partition coefficient (Wildman–Crippen LogP) is 1.17. The Balaban J connectivity index is 0.00000144. The highest BCUT2D eigenvalue weighted by molar-refractivity contribution is 5.85. The van der Waals surface area contributed by atoms with Gasteiger partial charge in [0.1, 0.15) is 0 Å². The van der Waals surface area contributed by atoms with Gasteiger partial charge in [0.05, 0.1) is 12.2 Å². The molecular weight excluding hydrogens is 240 g/mol. The molecule has 0 radical (unpaired) electrons. The Labute approximate surface area is 109 Å². The largest absolute Gasteiger partial charge is 0.372 e. The third kappa shape index (κ3) is 3.57. The fourth-order valence-corrected chi connectivity index (χ4v) is 2.86. The topological polar surface area (TPSA) is 55.6 Å². The van der Waals surface area contributed by atoms with E-state index in [1.807, 2.05) is 18.7 Å². The summed E-state index contributed by atoms with van der Waals surface area (Å²) in [5, 5.41) is 0. The molecule has 5 heteroatoms. The lowest BCUT2D eigenvalue weighted by molar-refractivity contribution is -0.147. The van der Waals surface area contributed by atoms with Gasteiger partial charge in [0.2, 0.25) is 5.91 Å². The average molecular weight is 263 g/mol. The van der Waals surface area contributed by atoms with E-state index in [-0.39, 0.29) is 42.5 Å². The van der Waals surface area contributed by atoms with Gasteiger partial charge in [0, 0.05) is 25.0 Å². The van der Waals surface area contributed by atoms with Gasteiger partial charge >= 0.3 is 0 Å². The van der Waals surface area contributed by atoms with Crippen LogP contribution in [0, 0.1) is 5.92 Å². The molecule has 1 amide bonds. The van der Waals surface area contributed by atoms with Crippen LogP contribution in [0.2, 0.25) is 0 Å². The van der Waals surface area contributed by atoms with E-state index in [1.165, 1.54) is 0 Å². The molecule has 2 aliphatic rings. The summed E-state index contributed by atoms with van der Waals surface area (Å²) < 4.78 is 5.63. The van der Waals surface area contributed by atoms with Crippen molar-refractivity contribution in [1.82, 2.24) is 4.90 Å². The van der Waals surface area contributed by atoms with Gasteiger partial charge in [-0.2, -0.15) is 0 Å². The first-order valence-corrected chi connectivity index (χ1v) is 6.26. The van der Waals surface area contributed by atoms with Crippen molar-refractivity contribution in [2.24, 2.45) is 11.7 Å². The van der Waals surface area contributed by atoms with Gasteiger partial charge in [-0.15, -0.1) is 12.4 Å². The number of hydrogen-bond donors (Lipinski definition) is 1. The first-order valence-electron chi connectivity index (χ1n) is 6.26. The second kappa shape index (κ2) is 6.03. The SMILES string of the molecule is C[C@@H]1CN(C(=O)C2CCC(N)C2)C[C@H](C)O1.Cl. The van der Waals surface area contributed by atoms with E-state index in [9.17, 15) is 4.79 Å². The van der Waals surface area contributed by atoms with Crippen molar-refractivity contribution < 1.29 is 9.53 Å². The van der Waals surface area contributed by atoms with Crippen LogP contribution in [-0.4, -0.2) is 42.1 Å². The van der Waals surface area contributed by atoms with E-state index in [1.54, 1.807) is 0 Å². The van der Waals surface area contributed by atoms with Crippen LogP contribution < -0.4 is 5.73 Å². The molecule has 0 aromatic rings. The lowest BCUT2D eigenvalue weighted by atomic mass is 10.0. The number of halogens is 1. The fraction of sp³-hybridized carbons (Fsp3) is 0.917. The monoisotopic (exact) mass is 262 g/mol. The number of rotatable bonds is 1. The van der Waals surface area contributed by atoms with Crippen LogP contribution in [0.15, 0.2) is 0 Å². The summed E-state index contributed by atoms with van der Waals surface area (Å²) in [7, 11) is 0. The molecule has 0 aromatic heterocycles. The Morgan fingerprint density at radius 3 is 2.29 bits per heavy atom. The van der Waals surface area contributed by atoms with Crippen molar-refractivity contribution in [2.45, 2.75) is 51.4 Å². The Morgan fingerprint density at radius 1 is 1.24 bits per heavy atom. The van der Waals surface area contributed by atoms with Crippen LogP contribution in [0.1, 0.15) is 33.1 Å². The molecule has 1 aliphatic heterocycles. The van der Waals surface area contributed by atoms with Gasteiger partial charge in [-0.25, -0.2) is 0 Å². The number of nitrogens with two attached hydrogens (primary N) is 1. The fourth-order valence-electron chi connectivity index (χ4n) is 2.86. The van der Waals surface area contributed by atoms with Gasteiger partial charge in [0.15, 0.2) is 0 Å². The molecular formula is C12H23ClN2O2. The molecule has 2 rings (SSSR count). The highest BCUT2D eigenvalue weighted by Gasteiger charge is 2.34.